The van der Waals surface area contributed by atoms with Crippen molar-refractivity contribution in [3.8, 4) is 0 Å². The van der Waals surface area contributed by atoms with Crippen LogP contribution in [0.5, 0.6) is 0 Å². The molecule has 19 heavy (non-hydrogen) atoms. The summed E-state index contributed by atoms with van der Waals surface area (Å²) in [5.41, 5.74) is 1.22. The van der Waals surface area contributed by atoms with Crippen LogP contribution in [0.15, 0.2) is 54.3 Å². The SMILES string of the molecule is COC(=O)C1=CC=CN(CC(=O)c2ccccc2)C1. The quantitative estimate of drug-likeness (QED) is 0.609. The van der Waals surface area contributed by atoms with Gasteiger partial charge in [-0.05, 0) is 18.4 Å². The number of carbonyl (C=O) groups excluding carboxylic acids is 2. The van der Waals surface area contributed by atoms with Crippen LogP contribution in [0.25, 0.3) is 0 Å². The van der Waals surface area contributed by atoms with Crippen molar-refractivity contribution in [2.75, 3.05) is 20.2 Å². The minimum Gasteiger partial charge on any atom is -0.466 e. The van der Waals surface area contributed by atoms with E-state index < -0.39 is 0 Å². The Morgan fingerprint density at radius 2 is 2.00 bits per heavy atom. The summed E-state index contributed by atoms with van der Waals surface area (Å²) in [5.74, 6) is -0.335. The van der Waals surface area contributed by atoms with Crippen molar-refractivity contribution in [3.63, 3.8) is 0 Å². The molecule has 0 N–H and O–H groups in total. The molecule has 98 valence electrons. The molecule has 1 heterocycles. The molecule has 0 aromatic heterocycles. The van der Waals surface area contributed by atoms with Crippen LogP contribution in [0.1, 0.15) is 10.4 Å². The number of nitrogens with zero attached hydrogens (tertiary/aromatic N) is 1. The summed E-state index contributed by atoms with van der Waals surface area (Å²) in [5, 5.41) is 0. The van der Waals surface area contributed by atoms with Gasteiger partial charge in [-0.25, -0.2) is 4.79 Å². The third-order valence-corrected chi connectivity index (χ3v) is 2.86. The summed E-state index contributed by atoms with van der Waals surface area (Å²) in [7, 11) is 1.35. The number of rotatable bonds is 4. The predicted molar refractivity (Wildman–Crippen MR) is 71.6 cm³/mol. The van der Waals surface area contributed by atoms with E-state index in [4.69, 9.17) is 0 Å². The van der Waals surface area contributed by atoms with Crippen LogP contribution in [-0.4, -0.2) is 36.9 Å². The van der Waals surface area contributed by atoms with Crippen molar-refractivity contribution < 1.29 is 14.3 Å². The van der Waals surface area contributed by atoms with E-state index in [1.54, 1.807) is 35.4 Å². The second-order valence-corrected chi connectivity index (χ2v) is 4.22. The van der Waals surface area contributed by atoms with Crippen LogP contribution in [-0.2, 0) is 9.53 Å². The number of benzene rings is 1. The van der Waals surface area contributed by atoms with E-state index in [2.05, 4.69) is 4.74 Å². The van der Waals surface area contributed by atoms with Crippen molar-refractivity contribution in [2.45, 2.75) is 0 Å². The number of hydrogen-bond acceptors (Lipinski definition) is 4. The van der Waals surface area contributed by atoms with E-state index in [9.17, 15) is 9.59 Å². The topological polar surface area (TPSA) is 46.6 Å². The highest BCUT2D eigenvalue weighted by Gasteiger charge is 2.17. The highest BCUT2D eigenvalue weighted by molar-refractivity contribution is 5.98. The van der Waals surface area contributed by atoms with Crippen LogP contribution in [0, 0.1) is 0 Å². The Kier molecular flexibility index (Phi) is 4.13. The van der Waals surface area contributed by atoms with Gasteiger partial charge in [0, 0.05) is 5.56 Å². The van der Waals surface area contributed by atoms with E-state index in [1.165, 1.54) is 7.11 Å². The predicted octanol–water partition coefficient (Wildman–Crippen LogP) is 1.80. The zero-order chi connectivity index (χ0) is 13.7. The monoisotopic (exact) mass is 257 g/mol. The summed E-state index contributed by atoms with van der Waals surface area (Å²) in [6.45, 7) is 0.636. The molecule has 1 aromatic carbocycles. The van der Waals surface area contributed by atoms with Crippen LogP contribution in [0.2, 0.25) is 0 Å². The molecule has 0 atom stereocenters. The molecule has 1 aromatic rings. The lowest BCUT2D eigenvalue weighted by Crippen LogP contribution is -2.30. The lowest BCUT2D eigenvalue weighted by Gasteiger charge is -2.22. The molecule has 1 aliphatic rings. The van der Waals surface area contributed by atoms with Crippen molar-refractivity contribution in [1.82, 2.24) is 4.90 Å². The zero-order valence-corrected chi connectivity index (χ0v) is 10.7. The van der Waals surface area contributed by atoms with E-state index in [0.717, 1.165) is 0 Å². The van der Waals surface area contributed by atoms with Crippen molar-refractivity contribution >= 4 is 11.8 Å². The Labute approximate surface area is 112 Å². The number of Topliss-reactive ketones (excluding diaryl/α,β-unsaturated/α-hetero) is 1. The van der Waals surface area contributed by atoms with Gasteiger partial charge in [-0.2, -0.15) is 0 Å². The lowest BCUT2D eigenvalue weighted by atomic mass is 10.1. The van der Waals surface area contributed by atoms with Crippen LogP contribution < -0.4 is 0 Å². The normalized spacial score (nSPS) is 13.9. The third-order valence-electron chi connectivity index (χ3n) is 2.86. The van der Waals surface area contributed by atoms with Crippen LogP contribution in [0.3, 0.4) is 0 Å². The van der Waals surface area contributed by atoms with Gasteiger partial charge in [-0.1, -0.05) is 30.3 Å². The van der Waals surface area contributed by atoms with Crippen LogP contribution in [0.4, 0.5) is 0 Å². The van der Waals surface area contributed by atoms with Crippen molar-refractivity contribution in [3.05, 3.63) is 59.8 Å². The average molecular weight is 257 g/mol. The van der Waals surface area contributed by atoms with Gasteiger partial charge in [-0.3, -0.25) is 4.79 Å². The standard InChI is InChI=1S/C15H15NO3/c1-19-15(18)13-8-5-9-16(10-13)11-14(17)12-6-3-2-4-7-12/h2-9H,10-11H2,1H3. The van der Waals surface area contributed by atoms with E-state index in [-0.39, 0.29) is 18.3 Å². The van der Waals surface area contributed by atoms with Gasteiger partial charge in [0.05, 0.1) is 25.8 Å². The maximum Gasteiger partial charge on any atom is 0.335 e. The van der Waals surface area contributed by atoms with Gasteiger partial charge in [0.15, 0.2) is 5.78 Å². The van der Waals surface area contributed by atoms with Gasteiger partial charge in [0.1, 0.15) is 0 Å². The highest BCUT2D eigenvalue weighted by atomic mass is 16.5. The summed E-state index contributed by atoms with van der Waals surface area (Å²) in [6, 6.07) is 9.11. The summed E-state index contributed by atoms with van der Waals surface area (Å²) < 4.78 is 4.67. The fraction of sp³-hybridized carbons (Fsp3) is 0.200. The number of ether oxygens (including phenoxy) is 1. The Bertz CT molecular complexity index is 532. The zero-order valence-electron chi connectivity index (χ0n) is 10.7. The molecule has 0 bridgehead atoms. The Morgan fingerprint density at radius 1 is 1.26 bits per heavy atom. The second kappa shape index (κ2) is 6.00. The summed E-state index contributed by atoms with van der Waals surface area (Å²) in [6.07, 6.45) is 5.25. The molecule has 0 saturated carbocycles. The molecule has 0 amide bonds. The molecule has 2 rings (SSSR count). The van der Waals surface area contributed by atoms with Gasteiger partial charge in [-0.15, -0.1) is 0 Å². The largest absolute Gasteiger partial charge is 0.466 e. The van der Waals surface area contributed by atoms with Gasteiger partial charge in [0.2, 0.25) is 0 Å². The van der Waals surface area contributed by atoms with E-state index >= 15 is 0 Å². The van der Waals surface area contributed by atoms with Crippen molar-refractivity contribution in [2.24, 2.45) is 0 Å². The molecule has 4 nitrogen and oxygen atoms in total. The van der Waals surface area contributed by atoms with Crippen LogP contribution >= 0.6 is 0 Å². The number of carbonyl (C=O) groups is 2. The van der Waals surface area contributed by atoms with Gasteiger partial charge in [0.25, 0.3) is 0 Å². The first-order chi connectivity index (χ1) is 9.20. The molecule has 4 heteroatoms. The Balaban J connectivity index is 1.99. The first kappa shape index (κ1) is 13.1. The molecule has 0 fully saturated rings. The molecule has 0 spiro atoms. The third kappa shape index (κ3) is 3.31. The average Bonchev–Trinajstić information content (AvgIpc) is 2.47. The Morgan fingerprint density at radius 3 is 2.68 bits per heavy atom. The molecule has 0 unspecified atom stereocenters. The number of hydrogen-bond donors (Lipinski definition) is 0. The smallest absolute Gasteiger partial charge is 0.335 e. The second-order valence-electron chi connectivity index (χ2n) is 4.22. The van der Waals surface area contributed by atoms with Gasteiger partial charge < -0.3 is 9.64 Å². The molecule has 0 radical (unpaired) electrons. The van der Waals surface area contributed by atoms with E-state index in [0.29, 0.717) is 17.7 Å². The summed E-state index contributed by atoms with van der Waals surface area (Å²) in [4.78, 5) is 25.3. The highest BCUT2D eigenvalue weighted by Crippen LogP contribution is 2.10. The molecular formula is C15H15NO3. The Hall–Kier alpha value is -2.36. The lowest BCUT2D eigenvalue weighted by molar-refractivity contribution is -0.136. The maximum absolute atomic E-state index is 12.0. The fourth-order valence-corrected chi connectivity index (χ4v) is 1.88. The molecule has 0 saturated heterocycles. The fourth-order valence-electron chi connectivity index (χ4n) is 1.88. The number of methoxy groups -OCH3 is 1. The summed E-state index contributed by atoms with van der Waals surface area (Å²) >= 11 is 0. The van der Waals surface area contributed by atoms with Crippen molar-refractivity contribution in [1.29, 1.82) is 0 Å². The first-order valence-corrected chi connectivity index (χ1v) is 5.98. The maximum atomic E-state index is 12.0. The van der Waals surface area contributed by atoms with Gasteiger partial charge >= 0.3 is 5.97 Å². The number of ketones is 1. The molecule has 1 aliphatic heterocycles. The number of esters is 1. The number of allylic oxidation sites excluding steroid dienone is 2. The molecular weight excluding hydrogens is 242 g/mol. The minimum atomic E-state index is -0.360. The van der Waals surface area contributed by atoms with E-state index in [1.807, 2.05) is 18.2 Å². The molecule has 0 aliphatic carbocycles. The minimum absolute atomic E-state index is 0.0244. The first-order valence-electron chi connectivity index (χ1n) is 5.98.